The molecule has 0 radical (unpaired) electrons. The van der Waals surface area contributed by atoms with Crippen molar-refractivity contribution >= 4 is 11.8 Å². The van der Waals surface area contributed by atoms with Crippen LogP contribution >= 0.6 is 0 Å². The van der Waals surface area contributed by atoms with Gasteiger partial charge in [-0.15, -0.1) is 0 Å². The lowest BCUT2D eigenvalue weighted by molar-refractivity contribution is -0.142. The predicted octanol–water partition coefficient (Wildman–Crippen LogP) is 5.29. The van der Waals surface area contributed by atoms with Gasteiger partial charge in [0.15, 0.2) is 6.61 Å². The monoisotopic (exact) mass is 561 g/mol. The molecule has 1 aliphatic rings. The van der Waals surface area contributed by atoms with Crippen molar-refractivity contribution in [3.63, 3.8) is 0 Å². The minimum Gasteiger partial charge on any atom is -0.493 e. The highest BCUT2D eigenvalue weighted by molar-refractivity contribution is 5.88. The number of amides is 2. The van der Waals surface area contributed by atoms with Crippen molar-refractivity contribution in [2.24, 2.45) is 0 Å². The van der Waals surface area contributed by atoms with Crippen LogP contribution in [0.1, 0.15) is 54.9 Å². The maximum atomic E-state index is 13.5. The summed E-state index contributed by atoms with van der Waals surface area (Å²) < 4.78 is 25.0. The molecule has 8 heteroatoms. The first-order valence-electron chi connectivity index (χ1n) is 14.4. The minimum atomic E-state index is -0.545. The normalized spacial score (nSPS) is 15.1. The summed E-state index contributed by atoms with van der Waals surface area (Å²) in [4.78, 5) is 28.0. The minimum absolute atomic E-state index is 0.120. The first-order valence-corrected chi connectivity index (χ1v) is 14.4. The third-order valence-electron chi connectivity index (χ3n) is 7.09. The van der Waals surface area contributed by atoms with Crippen LogP contribution in [0.25, 0.3) is 0 Å². The average Bonchev–Trinajstić information content (AvgIpc) is 3.19. The number of benzene rings is 3. The molecule has 3 aromatic rings. The molecule has 1 heterocycles. The Morgan fingerprint density at radius 3 is 2.54 bits per heavy atom. The number of carbonyl (C=O) groups excluding carboxylic acids is 2. The van der Waals surface area contributed by atoms with Crippen molar-refractivity contribution in [1.82, 2.24) is 15.5 Å². The fourth-order valence-corrected chi connectivity index (χ4v) is 4.90. The zero-order valence-corrected chi connectivity index (χ0v) is 24.0. The van der Waals surface area contributed by atoms with Crippen LogP contribution in [0.5, 0.6) is 11.5 Å². The summed E-state index contributed by atoms with van der Waals surface area (Å²) in [5.41, 5.74) is 3.85. The molecule has 218 valence electrons. The highest BCUT2D eigenvalue weighted by Crippen LogP contribution is 2.23. The number of rotatable bonds is 13. The maximum absolute atomic E-state index is 13.5. The molecule has 1 saturated heterocycles. The topological polar surface area (TPSA) is 79.9 Å². The highest BCUT2D eigenvalue weighted by atomic mass is 19.1. The summed E-state index contributed by atoms with van der Waals surface area (Å²) in [6, 6.07) is 19.4. The van der Waals surface area contributed by atoms with Crippen LogP contribution in [0.2, 0.25) is 0 Å². The Bertz CT molecular complexity index is 1300. The summed E-state index contributed by atoms with van der Waals surface area (Å²) >= 11 is 0. The van der Waals surface area contributed by atoms with E-state index in [9.17, 15) is 14.0 Å². The van der Waals surface area contributed by atoms with Crippen LogP contribution in [-0.4, -0.2) is 42.5 Å². The summed E-state index contributed by atoms with van der Waals surface area (Å²) in [5.74, 6) is 0.799. The molecule has 0 saturated carbocycles. The number of ether oxygens (including phenoxy) is 2. The SMILES string of the molecule is CCCOc1ccc(CN(C(=O)COc2ccc(CNCc3cccc(F)c3)cc2)[C@H]2CCCCNC2=O)cc1C. The number of aryl methyl sites for hydroxylation is 1. The third kappa shape index (κ3) is 9.05. The van der Waals surface area contributed by atoms with Crippen LogP contribution < -0.4 is 20.1 Å². The van der Waals surface area contributed by atoms with Crippen LogP contribution in [0.15, 0.2) is 66.7 Å². The number of halogens is 1. The number of nitrogens with one attached hydrogen (secondary N) is 2. The van der Waals surface area contributed by atoms with Gasteiger partial charge in [0.25, 0.3) is 5.91 Å². The van der Waals surface area contributed by atoms with Gasteiger partial charge in [-0.05, 0) is 85.2 Å². The molecule has 0 aliphatic carbocycles. The Hall–Kier alpha value is -3.91. The lowest BCUT2D eigenvalue weighted by Crippen LogP contribution is -2.49. The lowest BCUT2D eigenvalue weighted by Gasteiger charge is -2.30. The maximum Gasteiger partial charge on any atom is 0.261 e. The summed E-state index contributed by atoms with van der Waals surface area (Å²) in [5, 5.41) is 6.25. The van der Waals surface area contributed by atoms with Crippen molar-refractivity contribution in [2.45, 2.75) is 65.2 Å². The molecule has 0 aromatic heterocycles. The van der Waals surface area contributed by atoms with Crippen LogP contribution in [0.3, 0.4) is 0 Å². The molecule has 1 atom stereocenters. The van der Waals surface area contributed by atoms with Crippen molar-refractivity contribution in [1.29, 1.82) is 0 Å². The predicted molar refractivity (Wildman–Crippen MR) is 157 cm³/mol. The third-order valence-corrected chi connectivity index (χ3v) is 7.09. The number of hydrogen-bond acceptors (Lipinski definition) is 5. The van der Waals surface area contributed by atoms with Gasteiger partial charge in [0.1, 0.15) is 23.4 Å². The fraction of sp³-hybridized carbons (Fsp3) is 0.394. The lowest BCUT2D eigenvalue weighted by atomic mass is 10.1. The van der Waals surface area contributed by atoms with E-state index >= 15 is 0 Å². The number of nitrogens with zero attached hydrogens (tertiary/aromatic N) is 1. The summed E-state index contributed by atoms with van der Waals surface area (Å²) in [6.07, 6.45) is 3.31. The molecular formula is C33H40FN3O4. The molecule has 4 rings (SSSR count). The summed E-state index contributed by atoms with van der Waals surface area (Å²) in [7, 11) is 0. The molecule has 0 spiro atoms. The molecule has 41 heavy (non-hydrogen) atoms. The van der Waals surface area contributed by atoms with Crippen LogP contribution in [0, 0.1) is 12.7 Å². The Kier molecular flexibility index (Phi) is 11.1. The van der Waals surface area contributed by atoms with Gasteiger partial charge in [0, 0.05) is 26.2 Å². The van der Waals surface area contributed by atoms with E-state index in [-0.39, 0.29) is 24.2 Å². The molecule has 1 fully saturated rings. The zero-order valence-electron chi connectivity index (χ0n) is 24.0. The molecule has 2 N–H and O–H groups in total. The standard InChI is InChI=1S/C33H40FN3O4/c1-3-17-40-31-15-12-27(18-24(31)2)22-37(30-9-4-5-16-36-33(30)39)32(38)23-41-29-13-10-25(11-14-29)20-35-21-26-7-6-8-28(34)19-26/h6-8,10-15,18-19,30,35H,3-5,9,16-17,20-23H2,1-2H3,(H,36,39)/t30-/m0/s1. The number of carbonyl (C=O) groups is 2. The largest absolute Gasteiger partial charge is 0.493 e. The molecular weight excluding hydrogens is 521 g/mol. The number of hydrogen-bond donors (Lipinski definition) is 2. The molecule has 3 aromatic carbocycles. The van der Waals surface area contributed by atoms with Gasteiger partial charge in [-0.3, -0.25) is 9.59 Å². The van der Waals surface area contributed by atoms with E-state index in [2.05, 4.69) is 17.6 Å². The second-order valence-corrected chi connectivity index (χ2v) is 10.4. The van der Waals surface area contributed by atoms with Gasteiger partial charge in [-0.2, -0.15) is 0 Å². The van der Waals surface area contributed by atoms with Gasteiger partial charge in [0.2, 0.25) is 5.91 Å². The van der Waals surface area contributed by atoms with Gasteiger partial charge in [-0.1, -0.05) is 43.3 Å². The summed E-state index contributed by atoms with van der Waals surface area (Å²) in [6.45, 7) is 6.64. The van der Waals surface area contributed by atoms with Gasteiger partial charge < -0.3 is 25.0 Å². The van der Waals surface area contributed by atoms with Crippen molar-refractivity contribution in [3.05, 3.63) is 94.8 Å². The Morgan fingerprint density at radius 2 is 1.78 bits per heavy atom. The molecule has 2 amide bonds. The van der Waals surface area contributed by atoms with E-state index in [1.54, 1.807) is 11.0 Å². The molecule has 1 aliphatic heterocycles. The highest BCUT2D eigenvalue weighted by Gasteiger charge is 2.31. The molecule has 0 bridgehead atoms. The fourth-order valence-electron chi connectivity index (χ4n) is 4.90. The zero-order chi connectivity index (χ0) is 29.0. The van der Waals surface area contributed by atoms with Gasteiger partial charge >= 0.3 is 0 Å². The Balaban J connectivity index is 1.37. The van der Waals surface area contributed by atoms with Gasteiger partial charge in [-0.25, -0.2) is 4.39 Å². The van der Waals surface area contributed by atoms with E-state index in [1.807, 2.05) is 55.5 Å². The Labute approximate surface area is 242 Å². The second-order valence-electron chi connectivity index (χ2n) is 10.4. The quantitative estimate of drug-likeness (QED) is 0.297. The molecule has 0 unspecified atom stereocenters. The van der Waals surface area contributed by atoms with Crippen molar-refractivity contribution in [3.8, 4) is 11.5 Å². The van der Waals surface area contributed by atoms with E-state index in [0.717, 1.165) is 47.3 Å². The van der Waals surface area contributed by atoms with Crippen LogP contribution in [0.4, 0.5) is 4.39 Å². The van der Waals surface area contributed by atoms with E-state index < -0.39 is 6.04 Å². The first kappa shape index (κ1) is 30.1. The smallest absolute Gasteiger partial charge is 0.261 e. The van der Waals surface area contributed by atoms with E-state index in [0.29, 0.717) is 45.0 Å². The Morgan fingerprint density at radius 1 is 1.00 bits per heavy atom. The van der Waals surface area contributed by atoms with E-state index in [4.69, 9.17) is 9.47 Å². The average molecular weight is 562 g/mol. The van der Waals surface area contributed by atoms with Crippen molar-refractivity contribution in [2.75, 3.05) is 19.8 Å². The van der Waals surface area contributed by atoms with Crippen molar-refractivity contribution < 1.29 is 23.5 Å². The van der Waals surface area contributed by atoms with Gasteiger partial charge in [0.05, 0.1) is 6.61 Å². The molecule has 7 nitrogen and oxygen atoms in total. The second kappa shape index (κ2) is 15.2. The first-order chi connectivity index (χ1) is 19.9. The van der Waals surface area contributed by atoms with E-state index in [1.165, 1.54) is 12.1 Å². The van der Waals surface area contributed by atoms with Crippen LogP contribution in [-0.2, 0) is 29.2 Å².